The molecule has 5 heterocycles. The first kappa shape index (κ1) is 66.1. The third-order valence-corrected chi connectivity index (χ3v) is 14.4. The van der Waals surface area contributed by atoms with Gasteiger partial charge in [-0.3, -0.25) is 28.8 Å². The van der Waals surface area contributed by atoms with E-state index in [1.54, 1.807) is 18.7 Å². The number of halogens is 2. The number of likely N-dealkylation sites (tertiary alicyclic amines) is 1. The van der Waals surface area contributed by atoms with Gasteiger partial charge in [0.25, 0.3) is 0 Å². The summed E-state index contributed by atoms with van der Waals surface area (Å²) in [5.74, 6) is -6.96. The van der Waals surface area contributed by atoms with Crippen LogP contribution >= 0.6 is 12.6 Å². The molecule has 5 aromatic rings. The van der Waals surface area contributed by atoms with Gasteiger partial charge in [0.15, 0.2) is 17.7 Å². The number of aryl methyl sites for hydroxylation is 1. The Morgan fingerprint density at radius 2 is 1.65 bits per heavy atom. The Hall–Kier alpha value is -7.43. The van der Waals surface area contributed by atoms with E-state index in [0.29, 0.717) is 11.3 Å². The van der Waals surface area contributed by atoms with Gasteiger partial charge in [0, 0.05) is 67.9 Å². The molecule has 2 fully saturated rings. The number of aliphatic hydroxyl groups excluding tert-OH is 4. The largest absolute Gasteiger partial charge is 0.489 e. The molecule has 3 aromatic heterocycles. The highest BCUT2D eigenvalue weighted by Crippen LogP contribution is 2.38. The van der Waals surface area contributed by atoms with Crippen molar-refractivity contribution in [3.63, 3.8) is 0 Å². The van der Waals surface area contributed by atoms with Crippen molar-refractivity contribution >= 4 is 59.7 Å². The zero-order valence-corrected chi connectivity index (χ0v) is 48.2. The second-order valence-electron chi connectivity index (χ2n) is 21.2. The summed E-state index contributed by atoms with van der Waals surface area (Å²) in [6.07, 6.45) is -14.2. The summed E-state index contributed by atoms with van der Waals surface area (Å²) in [6, 6.07) is 8.79. The van der Waals surface area contributed by atoms with Crippen LogP contribution in [0, 0.1) is 24.0 Å². The Morgan fingerprint density at radius 3 is 2.33 bits per heavy atom. The van der Waals surface area contributed by atoms with Crippen LogP contribution in [-0.2, 0) is 69.5 Å². The van der Waals surface area contributed by atoms with E-state index in [2.05, 4.69) is 33.3 Å². The Morgan fingerprint density at radius 1 is 0.930 bits per heavy atom. The van der Waals surface area contributed by atoms with Crippen LogP contribution in [0.25, 0.3) is 16.8 Å². The standard InChI is InChI=1S/C55H68F2N8O20S/c1-28-32(43(61-62(28)5)49(72)54(2,3)4)13-18-82-47-33(8-9-34(56)42(47)57)30-7-11-38-59-24-31(64(38)25-30)26-65(55(77,78)79)53(76)83-27-29-6-10-36(84-52-46(71)44(69)45(70)48(85-52)51(74)75)35(22-29)60-40(67)12-15-58-39(66)14-17-80-20-21-81-19-16-63-41(68)23-37(86)50(63)73/h6-11,22,24-25,37,44-46,48-49,52,69-72,77-79,86H,12-21,23,26-27H2,1-5H3,(H,58,66)(H,60,67)(H,74,75). The SMILES string of the molecule is Cc1c(CCOc2c(-c3ccc4ncc(CN(C(=O)OCc5ccc(OC6OC(C(=O)O)C(O)C(O)C6O)c(NC(=O)CCNC(=O)CCOCCOCCN6C(=O)CC(S)C6=O)c5)C(O)(O)O)n4c3)ccc(F)c2F)c(C(O)C(C)(C)C)nn1C. The lowest BCUT2D eigenvalue weighted by Gasteiger charge is -2.38. The van der Waals surface area contributed by atoms with Crippen molar-refractivity contribution in [3.05, 3.63) is 94.7 Å². The lowest BCUT2D eigenvalue weighted by Crippen LogP contribution is -2.61. The topological polar surface area (TPSA) is 385 Å². The monoisotopic (exact) mass is 1230 g/mol. The van der Waals surface area contributed by atoms with Crippen LogP contribution in [0.5, 0.6) is 11.5 Å². The lowest BCUT2D eigenvalue weighted by molar-refractivity contribution is -0.383. The Bertz CT molecular complexity index is 3280. The molecule has 0 aliphatic carbocycles. The average molecular weight is 1230 g/mol. The number of fused-ring (bicyclic) bond motifs is 1. The number of hydrogen-bond donors (Lipinski definition) is 11. The maximum Gasteiger partial charge on any atom is 0.416 e. The fraction of sp³-hybridized carbons (Fsp3) is 0.491. The van der Waals surface area contributed by atoms with Crippen LogP contribution in [0.4, 0.5) is 19.3 Å². The van der Waals surface area contributed by atoms with E-state index in [1.807, 2.05) is 20.8 Å². The van der Waals surface area contributed by atoms with Crippen molar-refractivity contribution in [1.29, 1.82) is 0 Å². The van der Waals surface area contributed by atoms with Crippen LogP contribution in [0.1, 0.15) is 74.3 Å². The quantitative estimate of drug-likeness (QED) is 0.0151. The predicted molar refractivity (Wildman–Crippen MR) is 295 cm³/mol. The fourth-order valence-corrected chi connectivity index (χ4v) is 9.35. The van der Waals surface area contributed by atoms with E-state index in [-0.39, 0.29) is 128 Å². The number of pyridine rings is 1. The van der Waals surface area contributed by atoms with Crippen LogP contribution in [0.3, 0.4) is 0 Å². The summed E-state index contributed by atoms with van der Waals surface area (Å²) >= 11 is 4.07. The zero-order chi connectivity index (χ0) is 62.9. The molecule has 0 bridgehead atoms. The van der Waals surface area contributed by atoms with Crippen LogP contribution in [0.2, 0.25) is 0 Å². The molecule has 2 aliphatic heterocycles. The molecule has 468 valence electrons. The first-order valence-corrected chi connectivity index (χ1v) is 27.4. The third kappa shape index (κ3) is 16.1. The summed E-state index contributed by atoms with van der Waals surface area (Å²) in [5, 5.41) is 92.3. The summed E-state index contributed by atoms with van der Waals surface area (Å²) in [4.78, 5) is 80.6. The maximum absolute atomic E-state index is 15.7. The average Bonchev–Trinajstić information content (AvgIpc) is 2.63. The highest BCUT2D eigenvalue weighted by molar-refractivity contribution is 7.81. The number of ether oxygens (including phenoxy) is 6. The Kier molecular flexibility index (Phi) is 21.8. The number of aromatic nitrogens is 4. The second-order valence-corrected chi connectivity index (χ2v) is 21.8. The molecule has 5 amide bonds. The first-order chi connectivity index (χ1) is 40.5. The minimum absolute atomic E-state index is 0.0210. The molecule has 7 rings (SSSR count). The van der Waals surface area contributed by atoms with Crippen molar-refractivity contribution in [3.8, 4) is 22.6 Å². The molecule has 10 N–H and O–H groups in total. The van der Waals surface area contributed by atoms with Crippen molar-refractivity contribution in [1.82, 2.24) is 34.3 Å². The molecule has 86 heavy (non-hydrogen) atoms. The maximum atomic E-state index is 15.7. The van der Waals surface area contributed by atoms with Gasteiger partial charge in [-0.25, -0.2) is 23.9 Å². The molecule has 2 aromatic carbocycles. The molecular weight excluding hydrogens is 1160 g/mol. The number of nitrogens with one attached hydrogen (secondary N) is 2. The van der Waals surface area contributed by atoms with E-state index in [0.717, 1.165) is 22.7 Å². The van der Waals surface area contributed by atoms with Crippen molar-refractivity contribution in [2.24, 2.45) is 12.5 Å². The lowest BCUT2D eigenvalue weighted by atomic mass is 9.85. The molecule has 2 saturated heterocycles. The van der Waals surface area contributed by atoms with Gasteiger partial charge < -0.3 is 84.3 Å². The van der Waals surface area contributed by atoms with Crippen LogP contribution in [0.15, 0.2) is 54.9 Å². The summed E-state index contributed by atoms with van der Waals surface area (Å²) < 4.78 is 66.5. The van der Waals surface area contributed by atoms with Crippen molar-refractivity contribution in [2.45, 2.75) is 115 Å². The summed E-state index contributed by atoms with van der Waals surface area (Å²) in [6.45, 7) is 5.76. The fourth-order valence-electron chi connectivity index (χ4n) is 9.06. The van der Waals surface area contributed by atoms with Gasteiger partial charge in [-0.1, -0.05) is 26.8 Å². The van der Waals surface area contributed by atoms with Crippen molar-refractivity contribution < 1.29 is 107 Å². The number of carboxylic acids is 1. The molecule has 28 nitrogen and oxygen atoms in total. The number of thiol groups is 1. The highest BCUT2D eigenvalue weighted by Gasteiger charge is 2.48. The smallest absolute Gasteiger partial charge is 0.416 e. The second kappa shape index (κ2) is 28.4. The number of carbonyl (C=O) groups excluding carboxylic acids is 5. The zero-order valence-electron chi connectivity index (χ0n) is 47.3. The Labute approximate surface area is 495 Å². The number of imide groups is 1. The molecular formula is C55H68F2N8O20S. The van der Waals surface area contributed by atoms with E-state index < -0.39 is 108 Å². The van der Waals surface area contributed by atoms with E-state index in [1.165, 1.54) is 47.1 Å². The number of imidazole rings is 1. The number of benzene rings is 2. The number of anilines is 1. The molecule has 7 unspecified atom stereocenters. The van der Waals surface area contributed by atoms with Gasteiger partial charge in [-0.05, 0) is 54.3 Å². The van der Waals surface area contributed by atoms with Crippen LogP contribution in [-0.4, -0.2) is 194 Å². The van der Waals surface area contributed by atoms with Gasteiger partial charge in [-0.2, -0.15) is 22.1 Å². The predicted octanol–water partition coefficient (Wildman–Crippen LogP) is 0.946. The van der Waals surface area contributed by atoms with Gasteiger partial charge in [0.05, 0.1) is 74.6 Å². The van der Waals surface area contributed by atoms with Gasteiger partial charge in [-0.15, -0.1) is 0 Å². The number of carbonyl (C=O) groups is 6. The van der Waals surface area contributed by atoms with Gasteiger partial charge in [0.2, 0.25) is 35.7 Å². The molecule has 0 spiro atoms. The molecule has 7 atom stereocenters. The number of rotatable bonds is 27. The normalized spacial score (nSPS) is 19.4. The first-order valence-electron chi connectivity index (χ1n) is 26.9. The molecule has 0 radical (unpaired) electrons. The summed E-state index contributed by atoms with van der Waals surface area (Å²) in [7, 11) is 1.72. The highest BCUT2D eigenvalue weighted by atomic mass is 32.1. The third-order valence-electron chi connectivity index (χ3n) is 13.9. The Balaban J connectivity index is 1.00. The van der Waals surface area contributed by atoms with Gasteiger partial charge >= 0.3 is 18.2 Å². The van der Waals surface area contributed by atoms with Gasteiger partial charge in [0.1, 0.15) is 42.4 Å². The van der Waals surface area contributed by atoms with E-state index in [4.69, 9.17) is 28.4 Å². The van der Waals surface area contributed by atoms with Crippen molar-refractivity contribution in [2.75, 3.05) is 51.4 Å². The molecule has 2 aliphatic rings. The molecule has 0 saturated carbocycles. The number of amides is 5. The number of hydrogen-bond acceptors (Lipinski definition) is 22. The minimum Gasteiger partial charge on any atom is -0.489 e. The number of aliphatic hydroxyl groups is 7. The van der Waals surface area contributed by atoms with Crippen LogP contribution < -0.4 is 20.1 Å². The number of carboxylic acid groups (broad SMARTS) is 1. The minimum atomic E-state index is -3.88. The molecule has 31 heteroatoms. The number of nitrogens with zero attached hydrogens (tertiary/aromatic N) is 6. The van der Waals surface area contributed by atoms with E-state index >= 15 is 4.39 Å². The number of aliphatic carboxylic acids is 1. The summed E-state index contributed by atoms with van der Waals surface area (Å²) in [5.41, 5.74) is 1.62. The van der Waals surface area contributed by atoms with E-state index in [9.17, 15) is 74.0 Å².